The topological polar surface area (TPSA) is 49.3 Å². The molecule has 0 radical (unpaired) electrons. The third-order valence-electron chi connectivity index (χ3n) is 4.39. The second-order valence-corrected chi connectivity index (χ2v) is 6.12. The fourth-order valence-electron chi connectivity index (χ4n) is 2.93. The predicted molar refractivity (Wildman–Crippen MR) is 78.9 cm³/mol. The number of rotatable bonds is 8. The molecule has 1 unspecified atom stereocenters. The van der Waals surface area contributed by atoms with Crippen molar-refractivity contribution in [1.29, 1.82) is 0 Å². The number of carbonyl (C=O) groups is 1. The van der Waals surface area contributed by atoms with Gasteiger partial charge in [0, 0.05) is 12.5 Å². The summed E-state index contributed by atoms with van der Waals surface area (Å²) in [5.74, 6) is 1.38. The molecule has 0 saturated heterocycles. The summed E-state index contributed by atoms with van der Waals surface area (Å²) in [5.41, 5.74) is 0. The van der Waals surface area contributed by atoms with Gasteiger partial charge in [0.25, 0.3) is 0 Å². The van der Waals surface area contributed by atoms with E-state index in [1.807, 2.05) is 6.92 Å². The first-order valence-electron chi connectivity index (χ1n) is 8.09. The van der Waals surface area contributed by atoms with Crippen LogP contribution in [0.1, 0.15) is 71.6 Å². The van der Waals surface area contributed by atoms with Crippen molar-refractivity contribution < 1.29 is 9.90 Å². The Labute approximate surface area is 118 Å². The SMILES string of the molecule is CCC1CCC(C(=O)NCCCCCC(C)O)CC1. The first kappa shape index (κ1) is 16.5. The molecule has 0 aromatic heterocycles. The number of amides is 1. The van der Waals surface area contributed by atoms with E-state index < -0.39 is 0 Å². The van der Waals surface area contributed by atoms with Gasteiger partial charge in [0.1, 0.15) is 0 Å². The summed E-state index contributed by atoms with van der Waals surface area (Å²) in [6, 6.07) is 0. The number of aliphatic hydroxyl groups is 1. The number of hydrogen-bond donors (Lipinski definition) is 2. The number of nitrogens with one attached hydrogen (secondary N) is 1. The summed E-state index contributed by atoms with van der Waals surface area (Å²) >= 11 is 0. The van der Waals surface area contributed by atoms with Crippen LogP contribution < -0.4 is 5.32 Å². The lowest BCUT2D eigenvalue weighted by Gasteiger charge is -2.26. The van der Waals surface area contributed by atoms with Gasteiger partial charge in [-0.1, -0.05) is 26.2 Å². The molecule has 0 bridgehead atoms. The van der Waals surface area contributed by atoms with Gasteiger partial charge in [-0.3, -0.25) is 4.79 Å². The van der Waals surface area contributed by atoms with E-state index in [9.17, 15) is 4.79 Å². The lowest BCUT2D eigenvalue weighted by atomic mass is 9.80. The Morgan fingerprint density at radius 3 is 2.47 bits per heavy atom. The second kappa shape index (κ2) is 9.35. The molecule has 3 heteroatoms. The highest BCUT2D eigenvalue weighted by Crippen LogP contribution is 2.30. The zero-order valence-electron chi connectivity index (χ0n) is 12.7. The van der Waals surface area contributed by atoms with Crippen molar-refractivity contribution in [2.24, 2.45) is 11.8 Å². The summed E-state index contributed by atoms with van der Waals surface area (Å²) in [5, 5.41) is 12.2. The van der Waals surface area contributed by atoms with Crippen molar-refractivity contribution in [2.75, 3.05) is 6.54 Å². The highest BCUT2D eigenvalue weighted by molar-refractivity contribution is 5.78. The normalized spacial score (nSPS) is 25.0. The zero-order chi connectivity index (χ0) is 14.1. The van der Waals surface area contributed by atoms with Crippen LogP contribution >= 0.6 is 0 Å². The molecular formula is C16H31NO2. The van der Waals surface area contributed by atoms with Gasteiger partial charge >= 0.3 is 0 Å². The Balaban J connectivity index is 2.02. The number of hydrogen-bond acceptors (Lipinski definition) is 2. The van der Waals surface area contributed by atoms with E-state index in [0.717, 1.165) is 51.0 Å². The maximum absolute atomic E-state index is 12.0. The average molecular weight is 269 g/mol. The second-order valence-electron chi connectivity index (χ2n) is 6.12. The van der Waals surface area contributed by atoms with Crippen LogP contribution in [0.5, 0.6) is 0 Å². The Kier molecular flexibility index (Phi) is 8.11. The lowest BCUT2D eigenvalue weighted by Crippen LogP contribution is -2.33. The van der Waals surface area contributed by atoms with E-state index in [4.69, 9.17) is 5.11 Å². The zero-order valence-corrected chi connectivity index (χ0v) is 12.7. The monoisotopic (exact) mass is 269 g/mol. The molecule has 1 atom stereocenters. The molecule has 1 aliphatic carbocycles. The smallest absolute Gasteiger partial charge is 0.223 e. The quantitative estimate of drug-likeness (QED) is 0.664. The summed E-state index contributed by atoms with van der Waals surface area (Å²) < 4.78 is 0. The van der Waals surface area contributed by atoms with Gasteiger partial charge < -0.3 is 10.4 Å². The number of unbranched alkanes of at least 4 members (excludes halogenated alkanes) is 2. The van der Waals surface area contributed by atoms with Gasteiger partial charge in [-0.2, -0.15) is 0 Å². The molecule has 19 heavy (non-hydrogen) atoms. The molecule has 1 fully saturated rings. The molecule has 1 rings (SSSR count). The lowest BCUT2D eigenvalue weighted by molar-refractivity contribution is -0.126. The minimum atomic E-state index is -0.191. The molecule has 2 N–H and O–H groups in total. The van der Waals surface area contributed by atoms with Crippen molar-refractivity contribution in [3.05, 3.63) is 0 Å². The van der Waals surface area contributed by atoms with E-state index in [-0.39, 0.29) is 17.9 Å². The molecule has 0 heterocycles. The van der Waals surface area contributed by atoms with Gasteiger partial charge in [0.15, 0.2) is 0 Å². The van der Waals surface area contributed by atoms with Gasteiger partial charge in [-0.15, -0.1) is 0 Å². The minimum Gasteiger partial charge on any atom is -0.393 e. The summed E-state index contributed by atoms with van der Waals surface area (Å²) in [4.78, 5) is 12.0. The van der Waals surface area contributed by atoms with Gasteiger partial charge in [0.2, 0.25) is 5.91 Å². The maximum Gasteiger partial charge on any atom is 0.223 e. The largest absolute Gasteiger partial charge is 0.393 e. The molecule has 1 aliphatic rings. The first-order valence-corrected chi connectivity index (χ1v) is 8.09. The highest BCUT2D eigenvalue weighted by Gasteiger charge is 2.24. The third-order valence-corrected chi connectivity index (χ3v) is 4.39. The van der Waals surface area contributed by atoms with Gasteiger partial charge in [-0.25, -0.2) is 0 Å². The molecule has 3 nitrogen and oxygen atoms in total. The summed E-state index contributed by atoms with van der Waals surface area (Å²) in [7, 11) is 0. The molecule has 0 spiro atoms. The fourth-order valence-corrected chi connectivity index (χ4v) is 2.93. The fraction of sp³-hybridized carbons (Fsp3) is 0.938. The number of carbonyl (C=O) groups excluding carboxylic acids is 1. The molecule has 112 valence electrons. The Bertz CT molecular complexity index is 245. The van der Waals surface area contributed by atoms with Gasteiger partial charge in [-0.05, 0) is 51.4 Å². The molecule has 1 saturated carbocycles. The van der Waals surface area contributed by atoms with Crippen molar-refractivity contribution >= 4 is 5.91 Å². The van der Waals surface area contributed by atoms with Gasteiger partial charge in [0.05, 0.1) is 6.10 Å². The molecule has 0 aliphatic heterocycles. The van der Waals surface area contributed by atoms with E-state index in [2.05, 4.69) is 12.2 Å². The van der Waals surface area contributed by atoms with E-state index in [1.54, 1.807) is 0 Å². The van der Waals surface area contributed by atoms with Crippen LogP contribution in [0, 0.1) is 11.8 Å². The van der Waals surface area contributed by atoms with Crippen LogP contribution in [0.3, 0.4) is 0 Å². The van der Waals surface area contributed by atoms with Crippen molar-refractivity contribution in [3.8, 4) is 0 Å². The standard InChI is InChI=1S/C16H31NO2/c1-3-14-8-10-15(11-9-14)16(19)17-12-6-4-5-7-13(2)18/h13-15,18H,3-12H2,1-2H3,(H,17,19). The van der Waals surface area contributed by atoms with E-state index >= 15 is 0 Å². The minimum absolute atomic E-state index is 0.191. The van der Waals surface area contributed by atoms with Crippen LogP contribution in [-0.2, 0) is 4.79 Å². The van der Waals surface area contributed by atoms with Crippen molar-refractivity contribution in [1.82, 2.24) is 5.32 Å². The predicted octanol–water partition coefficient (Wildman–Crippen LogP) is 3.26. The summed E-state index contributed by atoms with van der Waals surface area (Å²) in [6.45, 7) is 4.87. The van der Waals surface area contributed by atoms with Crippen LogP contribution in [0.4, 0.5) is 0 Å². The third kappa shape index (κ3) is 6.95. The van der Waals surface area contributed by atoms with Crippen molar-refractivity contribution in [3.63, 3.8) is 0 Å². The van der Waals surface area contributed by atoms with E-state index in [0.29, 0.717) is 0 Å². The molecular weight excluding hydrogens is 238 g/mol. The van der Waals surface area contributed by atoms with Crippen LogP contribution in [0.25, 0.3) is 0 Å². The van der Waals surface area contributed by atoms with Crippen LogP contribution in [0.2, 0.25) is 0 Å². The first-order chi connectivity index (χ1) is 9.13. The Morgan fingerprint density at radius 1 is 1.21 bits per heavy atom. The highest BCUT2D eigenvalue weighted by atomic mass is 16.3. The molecule has 0 aromatic carbocycles. The molecule has 0 aromatic rings. The van der Waals surface area contributed by atoms with E-state index in [1.165, 1.54) is 19.3 Å². The average Bonchev–Trinajstić information content (AvgIpc) is 2.42. The van der Waals surface area contributed by atoms with Crippen molar-refractivity contribution in [2.45, 2.75) is 77.7 Å². The summed E-state index contributed by atoms with van der Waals surface area (Å²) in [6.07, 6.45) is 9.71. The molecule has 1 amide bonds. The van der Waals surface area contributed by atoms with Crippen LogP contribution in [0.15, 0.2) is 0 Å². The maximum atomic E-state index is 12.0. The Hall–Kier alpha value is -0.570. The van der Waals surface area contributed by atoms with Crippen LogP contribution in [-0.4, -0.2) is 23.7 Å². The number of aliphatic hydroxyl groups excluding tert-OH is 1. The Morgan fingerprint density at radius 2 is 1.89 bits per heavy atom.